The molecule has 2 heterocycles. The predicted molar refractivity (Wildman–Crippen MR) is 85.1 cm³/mol. The Labute approximate surface area is 146 Å². The fourth-order valence-corrected chi connectivity index (χ4v) is 2.67. The molecule has 0 spiro atoms. The number of rotatable bonds is 4. The molecule has 10 nitrogen and oxygen atoms in total. The highest BCUT2D eigenvalue weighted by Gasteiger charge is 2.45. The molecule has 2 aromatic rings. The molecular weight excluding hydrogens is 352 g/mol. The van der Waals surface area contributed by atoms with Crippen molar-refractivity contribution in [3.63, 3.8) is 0 Å². The molecule has 142 valence electrons. The van der Waals surface area contributed by atoms with E-state index in [1.165, 1.54) is 25.3 Å². The zero-order chi connectivity index (χ0) is 19.0. The fourth-order valence-electron chi connectivity index (χ4n) is 2.67. The standard InChI is InChI=1S/C16H18O10/c1-23-6-2-3-7-8(4-6)24-15(22)13(21)14(7)26-16-12(20)11(19)10(18)9(5-17)25-16/h2-4,9-12,16-21H,5H2,1H3/t9-,10+,11+,12-,16+/m1/s1. The SMILES string of the molecule is COc1ccc2c(O[C@@H]3O[C@H](CO)[C@H](O)[C@H](O)[C@H]3O)c(O)c(=O)oc2c1. The van der Waals surface area contributed by atoms with E-state index in [1.807, 2.05) is 0 Å². The molecule has 0 saturated carbocycles. The Hall–Kier alpha value is -2.37. The van der Waals surface area contributed by atoms with E-state index in [0.717, 1.165) is 0 Å². The molecule has 10 heteroatoms. The zero-order valence-corrected chi connectivity index (χ0v) is 13.6. The topological polar surface area (TPSA) is 159 Å². The number of hydrogen-bond acceptors (Lipinski definition) is 10. The van der Waals surface area contributed by atoms with E-state index in [4.69, 9.17) is 18.6 Å². The summed E-state index contributed by atoms with van der Waals surface area (Å²) in [4.78, 5) is 11.8. The molecule has 1 aliphatic rings. The lowest BCUT2D eigenvalue weighted by molar-refractivity contribution is -0.277. The first-order valence-corrected chi connectivity index (χ1v) is 7.68. The summed E-state index contributed by atoms with van der Waals surface area (Å²) < 4.78 is 20.6. The second-order valence-electron chi connectivity index (χ2n) is 5.74. The number of hydrogen-bond donors (Lipinski definition) is 5. The van der Waals surface area contributed by atoms with E-state index in [9.17, 15) is 30.3 Å². The fraction of sp³-hybridized carbons (Fsp3) is 0.438. The maximum Gasteiger partial charge on any atom is 0.382 e. The molecule has 1 aromatic heterocycles. The third-order valence-electron chi connectivity index (χ3n) is 4.13. The highest BCUT2D eigenvalue weighted by Crippen LogP contribution is 2.36. The molecule has 26 heavy (non-hydrogen) atoms. The van der Waals surface area contributed by atoms with Crippen LogP contribution >= 0.6 is 0 Å². The van der Waals surface area contributed by atoms with E-state index < -0.39 is 48.7 Å². The molecule has 0 aliphatic carbocycles. The van der Waals surface area contributed by atoms with Gasteiger partial charge in [-0.1, -0.05) is 0 Å². The Kier molecular flexibility index (Phi) is 5.03. The highest BCUT2D eigenvalue weighted by molar-refractivity contribution is 5.86. The molecule has 0 bridgehead atoms. The van der Waals surface area contributed by atoms with Gasteiger partial charge >= 0.3 is 5.63 Å². The number of benzene rings is 1. The first kappa shape index (κ1) is 18.4. The van der Waals surface area contributed by atoms with Gasteiger partial charge < -0.3 is 44.2 Å². The second-order valence-corrected chi connectivity index (χ2v) is 5.74. The van der Waals surface area contributed by atoms with Gasteiger partial charge in [0.15, 0.2) is 5.75 Å². The van der Waals surface area contributed by atoms with Crippen molar-refractivity contribution in [3.05, 3.63) is 28.6 Å². The number of aliphatic hydroxyl groups is 4. The van der Waals surface area contributed by atoms with Gasteiger partial charge in [-0.3, -0.25) is 0 Å². The van der Waals surface area contributed by atoms with Crippen LogP contribution in [-0.2, 0) is 4.74 Å². The number of aromatic hydroxyl groups is 1. The molecule has 1 saturated heterocycles. The third kappa shape index (κ3) is 3.08. The summed E-state index contributed by atoms with van der Waals surface area (Å²) >= 11 is 0. The van der Waals surface area contributed by atoms with Crippen molar-refractivity contribution in [2.24, 2.45) is 0 Å². The van der Waals surface area contributed by atoms with Gasteiger partial charge in [-0.25, -0.2) is 4.79 Å². The smallest absolute Gasteiger partial charge is 0.382 e. The normalized spacial score (nSPS) is 28.9. The Bertz CT molecular complexity index is 845. The molecule has 1 aromatic carbocycles. The van der Waals surface area contributed by atoms with Gasteiger partial charge in [0.25, 0.3) is 0 Å². The lowest BCUT2D eigenvalue weighted by atomic mass is 9.99. The van der Waals surface area contributed by atoms with Crippen molar-refractivity contribution in [2.75, 3.05) is 13.7 Å². The van der Waals surface area contributed by atoms with E-state index in [1.54, 1.807) is 0 Å². The van der Waals surface area contributed by atoms with Gasteiger partial charge in [0.2, 0.25) is 12.0 Å². The van der Waals surface area contributed by atoms with Gasteiger partial charge in [0.05, 0.1) is 19.1 Å². The molecular formula is C16H18O10. The van der Waals surface area contributed by atoms with Crippen LogP contribution in [0.4, 0.5) is 0 Å². The number of fused-ring (bicyclic) bond motifs is 1. The Morgan fingerprint density at radius 2 is 1.88 bits per heavy atom. The minimum absolute atomic E-state index is 0.0479. The summed E-state index contributed by atoms with van der Waals surface area (Å²) in [6.07, 6.45) is -7.70. The summed E-state index contributed by atoms with van der Waals surface area (Å²) in [5.74, 6) is -0.812. The Morgan fingerprint density at radius 3 is 2.54 bits per heavy atom. The molecule has 1 aliphatic heterocycles. The summed E-state index contributed by atoms with van der Waals surface area (Å²) in [5, 5.41) is 49.1. The predicted octanol–water partition coefficient (Wildman–Crippen LogP) is -1.31. The quantitative estimate of drug-likeness (QED) is 0.409. The lowest BCUT2D eigenvalue weighted by Crippen LogP contribution is -2.60. The monoisotopic (exact) mass is 370 g/mol. The van der Waals surface area contributed by atoms with Crippen LogP contribution in [0.1, 0.15) is 0 Å². The van der Waals surface area contributed by atoms with Crippen LogP contribution in [0.15, 0.2) is 27.4 Å². The minimum atomic E-state index is -1.70. The minimum Gasteiger partial charge on any atom is -0.499 e. The molecule has 3 rings (SSSR count). The summed E-state index contributed by atoms with van der Waals surface area (Å²) in [7, 11) is 1.42. The van der Waals surface area contributed by atoms with Gasteiger partial charge in [-0.2, -0.15) is 0 Å². The lowest BCUT2D eigenvalue weighted by Gasteiger charge is -2.39. The third-order valence-corrected chi connectivity index (χ3v) is 4.13. The first-order chi connectivity index (χ1) is 12.4. The van der Waals surface area contributed by atoms with Crippen molar-refractivity contribution in [2.45, 2.75) is 30.7 Å². The average Bonchev–Trinajstić information content (AvgIpc) is 2.64. The molecule has 0 amide bonds. The molecule has 0 unspecified atom stereocenters. The van der Waals surface area contributed by atoms with Crippen LogP contribution in [0.25, 0.3) is 11.0 Å². The summed E-state index contributed by atoms with van der Waals surface area (Å²) in [6, 6.07) is 4.38. The molecule has 1 fully saturated rings. The molecule has 5 atom stereocenters. The number of methoxy groups -OCH3 is 1. The van der Waals surface area contributed by atoms with Crippen molar-refractivity contribution >= 4 is 11.0 Å². The van der Waals surface area contributed by atoms with E-state index >= 15 is 0 Å². The van der Waals surface area contributed by atoms with Crippen molar-refractivity contribution in [3.8, 4) is 17.2 Å². The van der Waals surface area contributed by atoms with Gasteiger partial charge in [0, 0.05) is 6.07 Å². The maximum atomic E-state index is 11.8. The van der Waals surface area contributed by atoms with E-state index in [-0.39, 0.29) is 16.7 Å². The van der Waals surface area contributed by atoms with E-state index in [0.29, 0.717) is 5.75 Å². The van der Waals surface area contributed by atoms with Crippen molar-refractivity contribution < 1.29 is 44.2 Å². The Morgan fingerprint density at radius 1 is 1.15 bits per heavy atom. The van der Waals surface area contributed by atoms with Crippen LogP contribution in [0, 0.1) is 0 Å². The van der Waals surface area contributed by atoms with Crippen LogP contribution in [-0.4, -0.2) is 70.0 Å². The first-order valence-electron chi connectivity index (χ1n) is 7.68. The summed E-state index contributed by atoms with van der Waals surface area (Å²) in [5.41, 5.74) is -1.04. The summed E-state index contributed by atoms with van der Waals surface area (Å²) in [6.45, 7) is -0.647. The average molecular weight is 370 g/mol. The zero-order valence-electron chi connectivity index (χ0n) is 13.6. The van der Waals surface area contributed by atoms with Gasteiger partial charge in [0.1, 0.15) is 35.7 Å². The van der Waals surface area contributed by atoms with Crippen LogP contribution in [0.3, 0.4) is 0 Å². The van der Waals surface area contributed by atoms with Crippen LogP contribution in [0.2, 0.25) is 0 Å². The van der Waals surface area contributed by atoms with E-state index in [2.05, 4.69) is 0 Å². The second kappa shape index (κ2) is 7.09. The van der Waals surface area contributed by atoms with Crippen molar-refractivity contribution in [1.82, 2.24) is 0 Å². The maximum absolute atomic E-state index is 11.8. The van der Waals surface area contributed by atoms with Gasteiger partial charge in [-0.05, 0) is 12.1 Å². The van der Waals surface area contributed by atoms with Crippen LogP contribution in [0.5, 0.6) is 17.2 Å². The van der Waals surface area contributed by atoms with Crippen molar-refractivity contribution in [1.29, 1.82) is 0 Å². The number of aliphatic hydroxyl groups excluding tert-OH is 4. The number of ether oxygens (including phenoxy) is 3. The highest BCUT2D eigenvalue weighted by atomic mass is 16.7. The van der Waals surface area contributed by atoms with Gasteiger partial charge in [-0.15, -0.1) is 0 Å². The largest absolute Gasteiger partial charge is 0.499 e. The Balaban J connectivity index is 2.02. The van der Waals surface area contributed by atoms with Crippen LogP contribution < -0.4 is 15.1 Å². The molecule has 5 N–H and O–H groups in total. The molecule has 0 radical (unpaired) electrons.